The molecule has 4 rings (SSSR count). The smallest absolute Gasteiger partial charge is 0.220 e. The number of thioether (sulfide) groups is 1. The molecule has 0 aliphatic carbocycles. The van der Waals surface area contributed by atoms with Crippen molar-refractivity contribution in [3.63, 3.8) is 0 Å². The van der Waals surface area contributed by atoms with Gasteiger partial charge in [0, 0.05) is 24.6 Å². The van der Waals surface area contributed by atoms with Crippen molar-refractivity contribution in [2.75, 3.05) is 0 Å². The van der Waals surface area contributed by atoms with E-state index in [1.807, 2.05) is 30.3 Å². The topological polar surface area (TPSA) is 72.7 Å². The number of benzene rings is 2. The predicted molar refractivity (Wildman–Crippen MR) is 131 cm³/mol. The van der Waals surface area contributed by atoms with Crippen LogP contribution in [0.3, 0.4) is 0 Å². The first kappa shape index (κ1) is 22.7. The molecule has 2 heterocycles. The lowest BCUT2D eigenvalue weighted by atomic mass is 10.1. The molecule has 0 bridgehead atoms. The minimum atomic E-state index is 0.0100. The highest BCUT2D eigenvalue weighted by Gasteiger charge is 2.14. The first-order valence-electron chi connectivity index (χ1n) is 11.0. The second kappa shape index (κ2) is 11.4. The van der Waals surface area contributed by atoms with Gasteiger partial charge in [0.15, 0.2) is 11.0 Å². The monoisotopic (exact) mass is 457 g/mol. The van der Waals surface area contributed by atoms with Crippen LogP contribution in [0.2, 0.25) is 0 Å². The van der Waals surface area contributed by atoms with Crippen LogP contribution in [-0.2, 0) is 30.1 Å². The van der Waals surface area contributed by atoms with E-state index in [1.54, 1.807) is 24.2 Å². The maximum atomic E-state index is 12.5. The molecule has 0 saturated heterocycles. The molecular formula is C26H27N5OS. The Balaban J connectivity index is 1.40. The Morgan fingerprint density at radius 1 is 0.909 bits per heavy atom. The van der Waals surface area contributed by atoms with Crippen LogP contribution in [0.1, 0.15) is 34.5 Å². The standard InChI is InChI=1S/C26H27N5OS/c1-20-7-9-21(10-8-20)11-12-25(32)28-17-24-29-30-26(33-19-23-13-15-27-16-14-23)31(24)18-22-5-3-2-4-6-22/h2-10,13-16H,11-12,17-19H2,1H3,(H,28,32). The summed E-state index contributed by atoms with van der Waals surface area (Å²) in [6, 6.07) is 22.5. The van der Waals surface area contributed by atoms with E-state index >= 15 is 0 Å². The van der Waals surface area contributed by atoms with Crippen LogP contribution < -0.4 is 5.32 Å². The molecule has 0 fully saturated rings. The number of nitrogens with zero attached hydrogens (tertiary/aromatic N) is 4. The number of carbonyl (C=O) groups is 1. The normalized spacial score (nSPS) is 10.8. The third kappa shape index (κ3) is 6.76. The van der Waals surface area contributed by atoms with Gasteiger partial charge in [-0.1, -0.05) is 71.9 Å². The van der Waals surface area contributed by atoms with Crippen LogP contribution in [0.15, 0.2) is 84.3 Å². The summed E-state index contributed by atoms with van der Waals surface area (Å²) >= 11 is 1.63. The van der Waals surface area contributed by atoms with E-state index < -0.39 is 0 Å². The van der Waals surface area contributed by atoms with Crippen LogP contribution in [0.25, 0.3) is 0 Å². The van der Waals surface area contributed by atoms with E-state index in [1.165, 1.54) is 11.1 Å². The first-order valence-corrected chi connectivity index (χ1v) is 12.0. The van der Waals surface area contributed by atoms with Crippen LogP contribution in [-0.4, -0.2) is 25.7 Å². The van der Waals surface area contributed by atoms with Crippen LogP contribution in [0, 0.1) is 6.92 Å². The third-order valence-corrected chi connectivity index (χ3v) is 6.34. The van der Waals surface area contributed by atoms with Crippen molar-refractivity contribution in [3.8, 4) is 0 Å². The summed E-state index contributed by atoms with van der Waals surface area (Å²) in [5, 5.41) is 12.7. The van der Waals surface area contributed by atoms with Gasteiger partial charge in [-0.05, 0) is 42.2 Å². The molecule has 1 N–H and O–H groups in total. The van der Waals surface area contributed by atoms with Crippen LogP contribution in [0.4, 0.5) is 0 Å². The summed E-state index contributed by atoms with van der Waals surface area (Å²) in [5.41, 5.74) is 4.72. The summed E-state index contributed by atoms with van der Waals surface area (Å²) in [6.45, 7) is 3.06. The molecule has 6 nitrogen and oxygen atoms in total. The number of nitrogens with one attached hydrogen (secondary N) is 1. The van der Waals surface area contributed by atoms with Crippen molar-refractivity contribution in [2.45, 2.75) is 43.8 Å². The molecule has 2 aromatic heterocycles. The molecule has 1 amide bonds. The van der Waals surface area contributed by atoms with Gasteiger partial charge in [-0.25, -0.2) is 0 Å². The molecule has 0 atom stereocenters. The first-order chi connectivity index (χ1) is 16.2. The van der Waals surface area contributed by atoms with Gasteiger partial charge >= 0.3 is 0 Å². The van der Waals surface area contributed by atoms with Gasteiger partial charge in [-0.3, -0.25) is 9.78 Å². The number of aromatic nitrogens is 4. The Kier molecular flexibility index (Phi) is 7.87. The maximum absolute atomic E-state index is 12.5. The molecule has 7 heteroatoms. The zero-order valence-electron chi connectivity index (χ0n) is 18.6. The van der Waals surface area contributed by atoms with Gasteiger partial charge in [0.05, 0.1) is 13.1 Å². The Morgan fingerprint density at radius 3 is 2.42 bits per heavy atom. The van der Waals surface area contributed by atoms with Gasteiger partial charge in [-0.15, -0.1) is 10.2 Å². The predicted octanol–water partition coefficient (Wildman–Crippen LogP) is 4.57. The molecule has 0 saturated carbocycles. The van der Waals surface area contributed by atoms with Crippen LogP contribution >= 0.6 is 11.8 Å². The zero-order valence-corrected chi connectivity index (χ0v) is 19.5. The average Bonchev–Trinajstić information content (AvgIpc) is 3.23. The lowest BCUT2D eigenvalue weighted by Crippen LogP contribution is -2.25. The highest BCUT2D eigenvalue weighted by molar-refractivity contribution is 7.98. The summed E-state index contributed by atoms with van der Waals surface area (Å²) in [5.74, 6) is 1.54. The van der Waals surface area contributed by atoms with Crippen molar-refractivity contribution >= 4 is 17.7 Å². The molecule has 0 radical (unpaired) electrons. The molecule has 0 aliphatic heterocycles. The molecule has 33 heavy (non-hydrogen) atoms. The Bertz CT molecular complexity index is 1160. The minimum absolute atomic E-state index is 0.0100. The van der Waals surface area contributed by atoms with Gasteiger partial charge < -0.3 is 9.88 Å². The van der Waals surface area contributed by atoms with Crippen LogP contribution in [0.5, 0.6) is 0 Å². The number of hydrogen-bond donors (Lipinski definition) is 1. The van der Waals surface area contributed by atoms with Gasteiger partial charge in [0.2, 0.25) is 5.91 Å². The second-order valence-electron chi connectivity index (χ2n) is 7.88. The Hall–Kier alpha value is -3.45. The van der Waals surface area contributed by atoms with Crippen molar-refractivity contribution in [2.24, 2.45) is 0 Å². The van der Waals surface area contributed by atoms with E-state index in [-0.39, 0.29) is 5.91 Å². The van der Waals surface area contributed by atoms with E-state index in [2.05, 4.69) is 68.4 Å². The van der Waals surface area contributed by atoms with E-state index in [0.717, 1.165) is 34.3 Å². The summed E-state index contributed by atoms with van der Waals surface area (Å²) in [6.07, 6.45) is 4.75. The molecule has 0 unspecified atom stereocenters. The molecule has 4 aromatic rings. The van der Waals surface area contributed by atoms with Gasteiger partial charge in [-0.2, -0.15) is 0 Å². The summed E-state index contributed by atoms with van der Waals surface area (Å²) < 4.78 is 2.08. The maximum Gasteiger partial charge on any atom is 0.220 e. The Labute approximate surface area is 198 Å². The number of amides is 1. The molecule has 2 aromatic carbocycles. The highest BCUT2D eigenvalue weighted by Crippen LogP contribution is 2.23. The number of aryl methyl sites for hydroxylation is 2. The average molecular weight is 458 g/mol. The fourth-order valence-electron chi connectivity index (χ4n) is 3.39. The van der Waals surface area contributed by atoms with Crippen molar-refractivity contribution in [1.29, 1.82) is 0 Å². The molecular weight excluding hydrogens is 430 g/mol. The number of hydrogen-bond acceptors (Lipinski definition) is 5. The Morgan fingerprint density at radius 2 is 1.67 bits per heavy atom. The summed E-state index contributed by atoms with van der Waals surface area (Å²) in [4.78, 5) is 16.5. The lowest BCUT2D eigenvalue weighted by Gasteiger charge is -2.11. The highest BCUT2D eigenvalue weighted by atomic mass is 32.2. The van der Waals surface area contributed by atoms with Crippen molar-refractivity contribution in [1.82, 2.24) is 25.1 Å². The van der Waals surface area contributed by atoms with E-state index in [4.69, 9.17) is 0 Å². The van der Waals surface area contributed by atoms with E-state index in [0.29, 0.717) is 19.5 Å². The molecule has 0 spiro atoms. The zero-order chi connectivity index (χ0) is 22.9. The number of carbonyl (C=O) groups excluding carboxylic acids is 1. The molecule has 168 valence electrons. The largest absolute Gasteiger partial charge is 0.349 e. The number of rotatable bonds is 10. The van der Waals surface area contributed by atoms with Gasteiger partial charge in [0.25, 0.3) is 0 Å². The lowest BCUT2D eigenvalue weighted by molar-refractivity contribution is -0.121. The summed E-state index contributed by atoms with van der Waals surface area (Å²) in [7, 11) is 0. The quantitative estimate of drug-likeness (QED) is 0.353. The fraction of sp³-hybridized carbons (Fsp3) is 0.231. The third-order valence-electron chi connectivity index (χ3n) is 5.30. The van der Waals surface area contributed by atoms with Crippen molar-refractivity contribution in [3.05, 3.63) is 107 Å². The SMILES string of the molecule is Cc1ccc(CCC(=O)NCc2nnc(SCc3ccncc3)n2Cc2ccccc2)cc1. The molecule has 0 aliphatic rings. The fourth-order valence-corrected chi connectivity index (χ4v) is 4.30. The van der Waals surface area contributed by atoms with Crippen molar-refractivity contribution < 1.29 is 4.79 Å². The number of pyridine rings is 1. The van der Waals surface area contributed by atoms with Gasteiger partial charge in [0.1, 0.15) is 0 Å². The minimum Gasteiger partial charge on any atom is -0.349 e. The second-order valence-corrected chi connectivity index (χ2v) is 8.82. The van der Waals surface area contributed by atoms with E-state index in [9.17, 15) is 4.79 Å².